The van der Waals surface area contributed by atoms with E-state index in [2.05, 4.69) is 22.9 Å². The molecule has 1 aromatic carbocycles. The lowest BCUT2D eigenvalue weighted by Crippen LogP contribution is -2.39. The molecule has 1 fully saturated rings. The molecule has 0 heterocycles. The van der Waals surface area contributed by atoms with Crippen LogP contribution < -0.4 is 5.73 Å². The summed E-state index contributed by atoms with van der Waals surface area (Å²) < 4.78 is 0.808. The van der Waals surface area contributed by atoms with Crippen molar-refractivity contribution in [3.05, 3.63) is 28.2 Å². The van der Waals surface area contributed by atoms with Crippen molar-refractivity contribution in [3.63, 3.8) is 0 Å². The van der Waals surface area contributed by atoms with Gasteiger partial charge in [-0.1, -0.05) is 6.92 Å². The minimum Gasteiger partial charge on any atom is -0.399 e. The Hall–Kier alpha value is -1.03. The van der Waals surface area contributed by atoms with Gasteiger partial charge in [0.1, 0.15) is 0 Å². The van der Waals surface area contributed by atoms with Crippen molar-refractivity contribution in [2.24, 2.45) is 5.92 Å². The number of carbonyl (C=O) groups is 1. The van der Waals surface area contributed by atoms with E-state index in [-0.39, 0.29) is 5.91 Å². The molecule has 1 aromatic rings. The van der Waals surface area contributed by atoms with Gasteiger partial charge in [-0.2, -0.15) is 0 Å². The number of rotatable bonds is 2. The number of amides is 1. The van der Waals surface area contributed by atoms with Crippen LogP contribution in [0.5, 0.6) is 0 Å². The Labute approximate surface area is 123 Å². The smallest absolute Gasteiger partial charge is 0.255 e. The first-order chi connectivity index (χ1) is 8.99. The van der Waals surface area contributed by atoms with Gasteiger partial charge in [0.25, 0.3) is 5.91 Å². The molecule has 0 atom stereocenters. The van der Waals surface area contributed by atoms with Crippen LogP contribution in [0.4, 0.5) is 5.69 Å². The van der Waals surface area contributed by atoms with Crippen molar-refractivity contribution in [2.45, 2.75) is 38.6 Å². The average molecular weight is 325 g/mol. The van der Waals surface area contributed by atoms with Gasteiger partial charge >= 0.3 is 0 Å². The molecular weight excluding hydrogens is 304 g/mol. The third-order valence-corrected chi connectivity index (χ3v) is 4.77. The molecule has 0 unspecified atom stereocenters. The number of hydrogen-bond donors (Lipinski definition) is 1. The Morgan fingerprint density at radius 1 is 1.32 bits per heavy atom. The minimum absolute atomic E-state index is 0.0544. The summed E-state index contributed by atoms with van der Waals surface area (Å²) in [7, 11) is 1.90. The minimum atomic E-state index is 0.0544. The highest BCUT2D eigenvalue weighted by atomic mass is 79.9. The maximum Gasteiger partial charge on any atom is 0.255 e. The molecule has 0 bridgehead atoms. The molecule has 0 saturated heterocycles. The van der Waals surface area contributed by atoms with Gasteiger partial charge in [-0.05, 0) is 65.7 Å². The molecule has 1 aliphatic rings. The first-order valence-corrected chi connectivity index (χ1v) is 7.60. The molecule has 0 aliphatic heterocycles. The zero-order valence-electron chi connectivity index (χ0n) is 11.5. The summed E-state index contributed by atoms with van der Waals surface area (Å²) in [4.78, 5) is 14.4. The van der Waals surface area contributed by atoms with E-state index in [1.807, 2.05) is 18.0 Å². The monoisotopic (exact) mass is 324 g/mol. The second kappa shape index (κ2) is 5.95. The van der Waals surface area contributed by atoms with E-state index >= 15 is 0 Å². The van der Waals surface area contributed by atoms with Gasteiger partial charge in [-0.3, -0.25) is 4.79 Å². The van der Waals surface area contributed by atoms with Crippen molar-refractivity contribution in [2.75, 3.05) is 12.8 Å². The lowest BCUT2D eigenvalue weighted by Gasteiger charge is -2.33. The topological polar surface area (TPSA) is 46.3 Å². The number of nitrogens with zero attached hydrogens (tertiary/aromatic N) is 1. The molecule has 2 rings (SSSR count). The van der Waals surface area contributed by atoms with E-state index in [0.717, 1.165) is 23.2 Å². The van der Waals surface area contributed by atoms with Crippen molar-refractivity contribution in [1.82, 2.24) is 4.90 Å². The molecule has 1 amide bonds. The fraction of sp³-hybridized carbons (Fsp3) is 0.533. The SMILES string of the molecule is CC1CCC(N(C)C(=O)c2cc(N)ccc2Br)CC1. The van der Waals surface area contributed by atoms with Gasteiger partial charge < -0.3 is 10.6 Å². The average Bonchev–Trinajstić information content (AvgIpc) is 2.41. The van der Waals surface area contributed by atoms with E-state index in [0.29, 0.717) is 17.3 Å². The highest BCUT2D eigenvalue weighted by Gasteiger charge is 2.26. The van der Waals surface area contributed by atoms with Crippen molar-refractivity contribution < 1.29 is 4.79 Å². The largest absolute Gasteiger partial charge is 0.399 e. The molecule has 2 N–H and O–H groups in total. The molecular formula is C15H21BrN2O. The number of halogens is 1. The fourth-order valence-electron chi connectivity index (χ4n) is 2.69. The van der Waals surface area contributed by atoms with Crippen LogP contribution >= 0.6 is 15.9 Å². The van der Waals surface area contributed by atoms with Crippen LogP contribution in [0.25, 0.3) is 0 Å². The van der Waals surface area contributed by atoms with E-state index in [1.54, 1.807) is 12.1 Å². The second-order valence-corrected chi connectivity index (χ2v) is 6.42. The van der Waals surface area contributed by atoms with Crippen molar-refractivity contribution in [1.29, 1.82) is 0 Å². The van der Waals surface area contributed by atoms with Gasteiger partial charge in [0.05, 0.1) is 5.56 Å². The lowest BCUT2D eigenvalue weighted by molar-refractivity contribution is 0.0678. The number of hydrogen-bond acceptors (Lipinski definition) is 2. The van der Waals surface area contributed by atoms with E-state index in [1.165, 1.54) is 12.8 Å². The first-order valence-electron chi connectivity index (χ1n) is 6.81. The number of nitrogen functional groups attached to an aromatic ring is 1. The Morgan fingerprint density at radius 3 is 2.58 bits per heavy atom. The first kappa shape index (κ1) is 14.4. The fourth-order valence-corrected chi connectivity index (χ4v) is 3.11. The Kier molecular flexibility index (Phi) is 4.50. The molecule has 104 valence electrons. The number of nitrogens with two attached hydrogens (primary N) is 1. The summed E-state index contributed by atoms with van der Waals surface area (Å²) in [5.41, 5.74) is 7.05. The van der Waals surface area contributed by atoms with Crippen LogP contribution in [-0.2, 0) is 0 Å². The Morgan fingerprint density at radius 2 is 1.95 bits per heavy atom. The van der Waals surface area contributed by atoms with Crippen LogP contribution in [0.2, 0.25) is 0 Å². The quantitative estimate of drug-likeness (QED) is 0.843. The maximum absolute atomic E-state index is 12.5. The highest BCUT2D eigenvalue weighted by Crippen LogP contribution is 2.28. The van der Waals surface area contributed by atoms with E-state index in [4.69, 9.17) is 5.73 Å². The van der Waals surface area contributed by atoms with Gasteiger partial charge in [-0.25, -0.2) is 0 Å². The van der Waals surface area contributed by atoms with E-state index in [9.17, 15) is 4.79 Å². The Bertz CT molecular complexity index is 467. The molecule has 19 heavy (non-hydrogen) atoms. The van der Waals surface area contributed by atoms with Crippen LogP contribution in [0.3, 0.4) is 0 Å². The molecule has 1 aliphatic carbocycles. The van der Waals surface area contributed by atoms with Crippen molar-refractivity contribution >= 4 is 27.5 Å². The van der Waals surface area contributed by atoms with Crippen LogP contribution in [-0.4, -0.2) is 23.9 Å². The number of anilines is 1. The van der Waals surface area contributed by atoms with Crippen LogP contribution in [0.15, 0.2) is 22.7 Å². The second-order valence-electron chi connectivity index (χ2n) is 5.57. The van der Waals surface area contributed by atoms with Gasteiger partial charge in [0.2, 0.25) is 0 Å². The van der Waals surface area contributed by atoms with Gasteiger partial charge in [0.15, 0.2) is 0 Å². The molecule has 4 heteroatoms. The molecule has 0 radical (unpaired) electrons. The lowest BCUT2D eigenvalue weighted by atomic mass is 9.86. The standard InChI is InChI=1S/C15H21BrN2O/c1-10-3-6-12(7-4-10)18(2)15(19)13-9-11(17)5-8-14(13)16/h5,8-10,12H,3-4,6-7,17H2,1-2H3. The zero-order chi connectivity index (χ0) is 14.0. The summed E-state index contributed by atoms with van der Waals surface area (Å²) in [6, 6.07) is 5.73. The van der Waals surface area contributed by atoms with E-state index < -0.39 is 0 Å². The molecule has 1 saturated carbocycles. The number of benzene rings is 1. The summed E-state index contributed by atoms with van der Waals surface area (Å²) >= 11 is 3.43. The molecule has 3 nitrogen and oxygen atoms in total. The summed E-state index contributed by atoms with van der Waals surface area (Å²) in [5.74, 6) is 0.845. The van der Waals surface area contributed by atoms with Crippen LogP contribution in [0, 0.1) is 5.92 Å². The predicted molar refractivity (Wildman–Crippen MR) is 82.1 cm³/mol. The molecule has 0 aromatic heterocycles. The normalized spacial score (nSPS) is 23.1. The maximum atomic E-state index is 12.5. The third-order valence-electron chi connectivity index (χ3n) is 4.07. The van der Waals surface area contributed by atoms with Crippen LogP contribution in [0.1, 0.15) is 43.0 Å². The van der Waals surface area contributed by atoms with Crippen molar-refractivity contribution in [3.8, 4) is 0 Å². The zero-order valence-corrected chi connectivity index (χ0v) is 13.1. The number of carbonyl (C=O) groups excluding carboxylic acids is 1. The third kappa shape index (κ3) is 3.30. The Balaban J connectivity index is 2.12. The molecule has 0 spiro atoms. The predicted octanol–water partition coefficient (Wildman–Crippen LogP) is 3.68. The summed E-state index contributed by atoms with van der Waals surface area (Å²) in [5, 5.41) is 0. The van der Waals surface area contributed by atoms with Gasteiger partial charge in [0, 0.05) is 23.2 Å². The summed E-state index contributed by atoms with van der Waals surface area (Å²) in [6.45, 7) is 2.28. The summed E-state index contributed by atoms with van der Waals surface area (Å²) in [6.07, 6.45) is 4.62. The van der Waals surface area contributed by atoms with Gasteiger partial charge in [-0.15, -0.1) is 0 Å². The highest BCUT2D eigenvalue weighted by molar-refractivity contribution is 9.10.